The van der Waals surface area contributed by atoms with E-state index in [4.69, 9.17) is 4.74 Å². The number of aromatic nitrogens is 1. The Kier molecular flexibility index (Phi) is 5.38. The lowest BCUT2D eigenvalue weighted by molar-refractivity contribution is -0.115. The maximum Gasteiger partial charge on any atom is 0.230 e. The summed E-state index contributed by atoms with van der Waals surface area (Å²) in [5, 5.41) is 5.48. The fraction of sp³-hybridized carbons (Fsp3) is 0.238. The number of ether oxygens (including phenoxy) is 1. The van der Waals surface area contributed by atoms with Gasteiger partial charge < -0.3 is 10.1 Å². The minimum Gasteiger partial charge on any atom is -0.496 e. The quantitative estimate of drug-likeness (QED) is 0.697. The van der Waals surface area contributed by atoms with E-state index in [1.165, 1.54) is 28.0 Å². The summed E-state index contributed by atoms with van der Waals surface area (Å²) >= 11 is 1.44. The van der Waals surface area contributed by atoms with Gasteiger partial charge in [-0.2, -0.15) is 0 Å². The average Bonchev–Trinajstić information content (AvgIpc) is 3.06. The Hall–Kier alpha value is -2.66. The van der Waals surface area contributed by atoms with Crippen molar-refractivity contribution >= 4 is 22.4 Å². The van der Waals surface area contributed by atoms with Gasteiger partial charge in [-0.25, -0.2) is 4.98 Å². The Morgan fingerprint density at radius 3 is 2.62 bits per heavy atom. The molecule has 5 heteroatoms. The van der Waals surface area contributed by atoms with E-state index < -0.39 is 0 Å². The molecule has 0 aliphatic rings. The fourth-order valence-corrected chi connectivity index (χ4v) is 3.60. The highest BCUT2D eigenvalue weighted by molar-refractivity contribution is 7.14. The van der Waals surface area contributed by atoms with Gasteiger partial charge >= 0.3 is 0 Å². The maximum atomic E-state index is 12.4. The van der Waals surface area contributed by atoms with Crippen LogP contribution in [0.1, 0.15) is 22.3 Å². The Labute approximate surface area is 157 Å². The molecule has 3 rings (SSSR count). The van der Waals surface area contributed by atoms with Gasteiger partial charge in [0, 0.05) is 16.5 Å². The number of methoxy groups -OCH3 is 1. The number of benzene rings is 2. The molecule has 0 saturated heterocycles. The number of thiazole rings is 1. The number of anilines is 1. The SMILES string of the molecule is COc1ccccc1CC(=O)Nc1nc(-c2cc(C)c(C)cc2C)cs1. The number of nitrogens with zero attached hydrogens (tertiary/aromatic N) is 1. The summed E-state index contributed by atoms with van der Waals surface area (Å²) in [6.45, 7) is 6.29. The summed E-state index contributed by atoms with van der Waals surface area (Å²) in [4.78, 5) is 17.0. The molecule has 3 aromatic rings. The maximum absolute atomic E-state index is 12.4. The largest absolute Gasteiger partial charge is 0.496 e. The molecule has 0 radical (unpaired) electrons. The molecule has 0 bridgehead atoms. The normalized spacial score (nSPS) is 10.6. The van der Waals surface area contributed by atoms with E-state index >= 15 is 0 Å². The second kappa shape index (κ2) is 7.70. The van der Waals surface area contributed by atoms with Crippen LogP contribution < -0.4 is 10.1 Å². The number of nitrogens with one attached hydrogen (secondary N) is 1. The first-order valence-electron chi connectivity index (χ1n) is 8.43. The summed E-state index contributed by atoms with van der Waals surface area (Å²) < 4.78 is 5.30. The van der Waals surface area contributed by atoms with Crippen molar-refractivity contribution in [3.63, 3.8) is 0 Å². The molecule has 1 amide bonds. The minimum absolute atomic E-state index is 0.104. The van der Waals surface area contributed by atoms with Crippen molar-refractivity contribution in [2.45, 2.75) is 27.2 Å². The number of hydrogen-bond donors (Lipinski definition) is 1. The third kappa shape index (κ3) is 3.94. The first kappa shape index (κ1) is 18.1. The van der Waals surface area contributed by atoms with Crippen molar-refractivity contribution in [2.24, 2.45) is 0 Å². The molecule has 0 saturated carbocycles. The van der Waals surface area contributed by atoms with Crippen molar-refractivity contribution in [1.82, 2.24) is 4.98 Å². The zero-order valence-corrected chi connectivity index (χ0v) is 16.2. The third-order valence-electron chi connectivity index (χ3n) is 4.41. The van der Waals surface area contributed by atoms with Crippen molar-refractivity contribution in [3.05, 3.63) is 64.0 Å². The van der Waals surface area contributed by atoms with Crippen LogP contribution in [0.15, 0.2) is 41.8 Å². The summed E-state index contributed by atoms with van der Waals surface area (Å²) in [6.07, 6.45) is 0.252. The van der Waals surface area contributed by atoms with Gasteiger partial charge in [-0.3, -0.25) is 4.79 Å². The van der Waals surface area contributed by atoms with Gasteiger partial charge in [0.1, 0.15) is 5.75 Å². The van der Waals surface area contributed by atoms with Crippen LogP contribution in [0.2, 0.25) is 0 Å². The number of rotatable bonds is 5. The molecule has 0 aliphatic heterocycles. The predicted molar refractivity (Wildman–Crippen MR) is 107 cm³/mol. The topological polar surface area (TPSA) is 51.2 Å². The monoisotopic (exact) mass is 366 g/mol. The molecule has 4 nitrogen and oxygen atoms in total. The first-order valence-corrected chi connectivity index (χ1v) is 9.31. The first-order chi connectivity index (χ1) is 12.5. The van der Waals surface area contributed by atoms with Crippen LogP contribution in [0.4, 0.5) is 5.13 Å². The van der Waals surface area contributed by atoms with Crippen molar-refractivity contribution < 1.29 is 9.53 Å². The van der Waals surface area contributed by atoms with E-state index in [0.717, 1.165) is 16.8 Å². The van der Waals surface area contributed by atoms with Crippen LogP contribution in [-0.2, 0) is 11.2 Å². The summed E-state index contributed by atoms with van der Waals surface area (Å²) in [7, 11) is 1.61. The summed E-state index contributed by atoms with van der Waals surface area (Å²) in [5.41, 5.74) is 6.55. The van der Waals surface area contributed by atoms with Gasteiger partial charge in [0.15, 0.2) is 5.13 Å². The van der Waals surface area contributed by atoms with E-state index in [2.05, 4.69) is 43.2 Å². The van der Waals surface area contributed by atoms with Crippen LogP contribution in [0.25, 0.3) is 11.3 Å². The van der Waals surface area contributed by atoms with Crippen molar-refractivity contribution in [3.8, 4) is 17.0 Å². The highest BCUT2D eigenvalue weighted by Gasteiger charge is 2.13. The number of carbonyl (C=O) groups is 1. The van der Waals surface area contributed by atoms with E-state index in [1.54, 1.807) is 7.11 Å². The summed E-state index contributed by atoms with van der Waals surface area (Å²) in [6, 6.07) is 11.9. The molecule has 0 atom stereocenters. The highest BCUT2D eigenvalue weighted by Crippen LogP contribution is 2.29. The number of para-hydroxylation sites is 1. The van der Waals surface area contributed by atoms with Crippen molar-refractivity contribution in [2.75, 3.05) is 12.4 Å². The van der Waals surface area contributed by atoms with Crippen LogP contribution >= 0.6 is 11.3 Å². The molecule has 1 N–H and O–H groups in total. The van der Waals surface area contributed by atoms with Crippen LogP contribution in [0.5, 0.6) is 5.75 Å². The Morgan fingerprint density at radius 2 is 1.85 bits per heavy atom. The second-order valence-corrected chi connectivity index (χ2v) is 7.18. The molecule has 0 fully saturated rings. The minimum atomic E-state index is -0.104. The average molecular weight is 366 g/mol. The third-order valence-corrected chi connectivity index (χ3v) is 5.17. The molecule has 1 aromatic heterocycles. The van der Waals surface area contributed by atoms with E-state index in [0.29, 0.717) is 10.9 Å². The van der Waals surface area contributed by atoms with E-state index in [-0.39, 0.29) is 12.3 Å². The molecular formula is C21H22N2O2S. The van der Waals surface area contributed by atoms with Crippen LogP contribution in [-0.4, -0.2) is 18.0 Å². The number of hydrogen-bond acceptors (Lipinski definition) is 4. The number of amides is 1. The second-order valence-electron chi connectivity index (χ2n) is 6.33. The van der Waals surface area contributed by atoms with Crippen LogP contribution in [0.3, 0.4) is 0 Å². The lowest BCUT2D eigenvalue weighted by Crippen LogP contribution is -2.14. The molecule has 1 heterocycles. The van der Waals surface area contributed by atoms with Gasteiger partial charge in [0.2, 0.25) is 5.91 Å². The Morgan fingerprint density at radius 1 is 1.12 bits per heavy atom. The number of aryl methyl sites for hydroxylation is 3. The van der Waals surface area contributed by atoms with Gasteiger partial charge in [0.05, 0.1) is 19.2 Å². The zero-order valence-electron chi connectivity index (χ0n) is 15.4. The lowest BCUT2D eigenvalue weighted by atomic mass is 9.99. The van der Waals surface area contributed by atoms with E-state index in [1.807, 2.05) is 29.6 Å². The summed E-state index contributed by atoms with van der Waals surface area (Å²) in [5.74, 6) is 0.612. The Balaban J connectivity index is 1.74. The van der Waals surface area contributed by atoms with Gasteiger partial charge in [0.25, 0.3) is 0 Å². The highest BCUT2D eigenvalue weighted by atomic mass is 32.1. The smallest absolute Gasteiger partial charge is 0.230 e. The predicted octanol–water partition coefficient (Wildman–Crippen LogP) is 4.93. The molecule has 0 unspecified atom stereocenters. The Bertz CT molecular complexity index is 947. The van der Waals surface area contributed by atoms with Gasteiger partial charge in [-0.15, -0.1) is 11.3 Å². The molecule has 0 spiro atoms. The van der Waals surface area contributed by atoms with Crippen molar-refractivity contribution in [1.29, 1.82) is 0 Å². The van der Waals surface area contributed by atoms with E-state index in [9.17, 15) is 4.79 Å². The molecule has 26 heavy (non-hydrogen) atoms. The zero-order chi connectivity index (χ0) is 18.7. The lowest BCUT2D eigenvalue weighted by Gasteiger charge is -2.08. The molecule has 134 valence electrons. The number of carbonyl (C=O) groups excluding carboxylic acids is 1. The van der Waals surface area contributed by atoms with Gasteiger partial charge in [-0.05, 0) is 49.6 Å². The standard InChI is InChI=1S/C21H22N2O2S/c1-13-9-15(3)17(10-14(13)2)18-12-26-21(22-18)23-20(24)11-16-7-5-6-8-19(16)25-4/h5-10,12H,11H2,1-4H3,(H,22,23,24). The fourth-order valence-electron chi connectivity index (χ4n) is 2.88. The molecule has 0 aliphatic carbocycles. The molecule has 2 aromatic carbocycles. The van der Waals surface area contributed by atoms with Gasteiger partial charge in [-0.1, -0.05) is 24.3 Å². The van der Waals surface area contributed by atoms with Crippen LogP contribution in [0, 0.1) is 20.8 Å². The molecular weight excluding hydrogens is 344 g/mol.